The van der Waals surface area contributed by atoms with Crippen LogP contribution in [-0.2, 0) is 0 Å². The second kappa shape index (κ2) is 7.55. The molecule has 1 aliphatic heterocycles. The fraction of sp³-hybridized carbons (Fsp3) is 0.391. The molecule has 0 aliphatic carbocycles. The number of carbonyl (C=O) groups excluding carboxylic acids is 1. The summed E-state index contributed by atoms with van der Waals surface area (Å²) in [6.07, 6.45) is 2.84. The largest absolute Gasteiger partial charge is 0.366 e. The van der Waals surface area contributed by atoms with Crippen molar-refractivity contribution in [3.63, 3.8) is 0 Å². The molecule has 0 saturated heterocycles. The van der Waals surface area contributed by atoms with E-state index in [-0.39, 0.29) is 11.4 Å². The van der Waals surface area contributed by atoms with E-state index in [1.165, 1.54) is 11.3 Å². The minimum Gasteiger partial charge on any atom is -0.366 e. The fourth-order valence-electron chi connectivity index (χ4n) is 4.12. The molecule has 0 aromatic heterocycles. The molecule has 0 radical (unpaired) electrons. The molecule has 3 rings (SSSR count). The van der Waals surface area contributed by atoms with Crippen LogP contribution in [0.1, 0.15) is 67.1 Å². The minimum absolute atomic E-state index is 0.165. The number of anilines is 1. The Balaban J connectivity index is 1.75. The van der Waals surface area contributed by atoms with Crippen LogP contribution >= 0.6 is 0 Å². The summed E-state index contributed by atoms with van der Waals surface area (Å²) in [7, 11) is 0. The van der Waals surface area contributed by atoms with E-state index in [0.717, 1.165) is 24.1 Å². The van der Waals surface area contributed by atoms with E-state index in [4.69, 9.17) is 0 Å². The number of benzene rings is 2. The zero-order valence-corrected chi connectivity index (χ0v) is 16.9. The highest BCUT2D eigenvalue weighted by atomic mass is 16.2. The molecule has 4 heteroatoms. The molecule has 2 aromatic rings. The maximum absolute atomic E-state index is 12.2. The Kier molecular flexibility index (Phi) is 5.36. The molecule has 1 unspecified atom stereocenters. The molecule has 1 heterocycles. The van der Waals surface area contributed by atoms with Crippen LogP contribution in [0.5, 0.6) is 0 Å². The van der Waals surface area contributed by atoms with Gasteiger partial charge in [0, 0.05) is 23.3 Å². The monoisotopic (exact) mass is 363 g/mol. The SMILES string of the molecule is CCN1c2ccc(/C=N/NC(=O)c3ccc(C)cc3)cc2C(C)CC1(C)C. The van der Waals surface area contributed by atoms with Crippen molar-refractivity contribution in [2.24, 2.45) is 5.10 Å². The molecule has 142 valence electrons. The van der Waals surface area contributed by atoms with Crippen molar-refractivity contribution in [1.29, 1.82) is 0 Å². The van der Waals surface area contributed by atoms with Crippen LogP contribution in [0.3, 0.4) is 0 Å². The average molecular weight is 364 g/mol. The number of fused-ring (bicyclic) bond motifs is 1. The Bertz CT molecular complexity index is 852. The third-order valence-electron chi connectivity index (χ3n) is 5.42. The molecule has 27 heavy (non-hydrogen) atoms. The molecule has 0 saturated carbocycles. The maximum atomic E-state index is 12.2. The highest BCUT2D eigenvalue weighted by Gasteiger charge is 2.35. The summed E-state index contributed by atoms with van der Waals surface area (Å²) in [6.45, 7) is 12.1. The minimum atomic E-state index is -0.198. The van der Waals surface area contributed by atoms with Gasteiger partial charge in [-0.15, -0.1) is 0 Å². The van der Waals surface area contributed by atoms with Gasteiger partial charge in [0.1, 0.15) is 0 Å². The number of aryl methyl sites for hydroxylation is 1. The molecular weight excluding hydrogens is 334 g/mol. The molecule has 0 spiro atoms. The quantitative estimate of drug-likeness (QED) is 0.622. The van der Waals surface area contributed by atoms with E-state index in [0.29, 0.717) is 11.5 Å². The number of rotatable bonds is 4. The lowest BCUT2D eigenvalue weighted by molar-refractivity contribution is 0.0955. The van der Waals surface area contributed by atoms with Gasteiger partial charge in [-0.1, -0.05) is 30.7 Å². The second-order valence-electron chi connectivity index (χ2n) is 8.05. The van der Waals surface area contributed by atoms with Crippen LogP contribution in [0.25, 0.3) is 0 Å². The molecule has 1 amide bonds. The first-order valence-electron chi connectivity index (χ1n) is 9.63. The summed E-state index contributed by atoms with van der Waals surface area (Å²) in [6, 6.07) is 13.9. The number of nitrogens with one attached hydrogen (secondary N) is 1. The van der Waals surface area contributed by atoms with Crippen molar-refractivity contribution in [3.8, 4) is 0 Å². The standard InChI is InChI=1S/C23H29N3O/c1-6-26-21-12-9-18(13-20(21)17(3)14-23(26,4)5)15-24-25-22(27)19-10-7-16(2)8-11-19/h7-13,15,17H,6,14H2,1-5H3,(H,25,27)/b24-15+. The summed E-state index contributed by atoms with van der Waals surface area (Å²) >= 11 is 0. The highest BCUT2D eigenvalue weighted by molar-refractivity contribution is 5.95. The molecule has 1 atom stereocenters. The second-order valence-corrected chi connectivity index (χ2v) is 8.05. The Morgan fingerprint density at radius 3 is 2.63 bits per heavy atom. The van der Waals surface area contributed by atoms with Gasteiger partial charge in [0.15, 0.2) is 0 Å². The topological polar surface area (TPSA) is 44.7 Å². The number of amides is 1. The zero-order chi connectivity index (χ0) is 19.6. The summed E-state index contributed by atoms with van der Waals surface area (Å²) in [5.41, 5.74) is 8.17. The number of nitrogens with zero attached hydrogens (tertiary/aromatic N) is 2. The lowest BCUT2D eigenvalue weighted by Gasteiger charge is -2.47. The molecule has 2 aromatic carbocycles. The van der Waals surface area contributed by atoms with Gasteiger partial charge in [-0.05, 0) is 75.4 Å². The van der Waals surface area contributed by atoms with E-state index < -0.39 is 0 Å². The van der Waals surface area contributed by atoms with Crippen molar-refractivity contribution in [1.82, 2.24) is 5.43 Å². The van der Waals surface area contributed by atoms with Gasteiger partial charge in [-0.3, -0.25) is 4.79 Å². The van der Waals surface area contributed by atoms with Crippen LogP contribution in [0.2, 0.25) is 0 Å². The van der Waals surface area contributed by atoms with Gasteiger partial charge < -0.3 is 4.90 Å². The van der Waals surface area contributed by atoms with Crippen LogP contribution < -0.4 is 10.3 Å². The Labute approximate surface area is 162 Å². The van der Waals surface area contributed by atoms with E-state index in [1.807, 2.05) is 31.2 Å². The van der Waals surface area contributed by atoms with Crippen molar-refractivity contribution >= 4 is 17.8 Å². The first-order valence-corrected chi connectivity index (χ1v) is 9.63. The van der Waals surface area contributed by atoms with Gasteiger partial charge in [-0.25, -0.2) is 5.43 Å². The van der Waals surface area contributed by atoms with Crippen molar-refractivity contribution < 1.29 is 4.79 Å². The van der Waals surface area contributed by atoms with Crippen molar-refractivity contribution in [3.05, 3.63) is 64.7 Å². The third-order valence-corrected chi connectivity index (χ3v) is 5.42. The summed E-state index contributed by atoms with van der Waals surface area (Å²) in [5, 5.41) is 4.14. The third kappa shape index (κ3) is 4.05. The molecular formula is C23H29N3O. The number of hydrogen-bond donors (Lipinski definition) is 1. The van der Waals surface area contributed by atoms with Crippen LogP contribution in [0.15, 0.2) is 47.6 Å². The van der Waals surface area contributed by atoms with E-state index in [1.54, 1.807) is 6.21 Å². The smallest absolute Gasteiger partial charge is 0.271 e. The molecule has 0 bridgehead atoms. The zero-order valence-electron chi connectivity index (χ0n) is 16.9. The number of hydrazone groups is 1. The summed E-state index contributed by atoms with van der Waals surface area (Å²) < 4.78 is 0. The van der Waals surface area contributed by atoms with Crippen molar-refractivity contribution in [2.45, 2.75) is 52.5 Å². The maximum Gasteiger partial charge on any atom is 0.271 e. The summed E-state index contributed by atoms with van der Waals surface area (Å²) in [4.78, 5) is 14.6. The Hall–Kier alpha value is -2.62. The van der Waals surface area contributed by atoms with Gasteiger partial charge in [0.05, 0.1) is 6.21 Å². The Morgan fingerprint density at radius 2 is 1.96 bits per heavy atom. The van der Waals surface area contributed by atoms with E-state index in [9.17, 15) is 4.79 Å². The van der Waals surface area contributed by atoms with E-state index >= 15 is 0 Å². The van der Waals surface area contributed by atoms with Crippen molar-refractivity contribution in [2.75, 3.05) is 11.4 Å². The van der Waals surface area contributed by atoms with Crippen LogP contribution in [0.4, 0.5) is 5.69 Å². The fourth-order valence-corrected chi connectivity index (χ4v) is 4.12. The Morgan fingerprint density at radius 1 is 1.26 bits per heavy atom. The molecule has 4 nitrogen and oxygen atoms in total. The normalized spacial score (nSPS) is 18.4. The number of carbonyl (C=O) groups is 1. The van der Waals surface area contributed by atoms with Gasteiger partial charge in [-0.2, -0.15) is 5.10 Å². The predicted molar refractivity (Wildman–Crippen MR) is 113 cm³/mol. The lowest BCUT2D eigenvalue weighted by Crippen LogP contribution is -2.48. The molecule has 1 aliphatic rings. The van der Waals surface area contributed by atoms with Gasteiger partial charge >= 0.3 is 0 Å². The van der Waals surface area contributed by atoms with Crippen LogP contribution in [0, 0.1) is 6.92 Å². The molecule has 1 N–H and O–H groups in total. The average Bonchev–Trinajstić information content (AvgIpc) is 2.62. The number of hydrogen-bond acceptors (Lipinski definition) is 3. The summed E-state index contributed by atoms with van der Waals surface area (Å²) in [5.74, 6) is 0.296. The first kappa shape index (κ1) is 19.2. The van der Waals surface area contributed by atoms with Crippen LogP contribution in [-0.4, -0.2) is 24.2 Å². The lowest BCUT2D eigenvalue weighted by atomic mass is 9.79. The van der Waals surface area contributed by atoms with E-state index in [2.05, 4.69) is 61.3 Å². The van der Waals surface area contributed by atoms with Gasteiger partial charge in [0.25, 0.3) is 5.91 Å². The predicted octanol–water partition coefficient (Wildman–Crippen LogP) is 4.87. The van der Waals surface area contributed by atoms with Gasteiger partial charge in [0.2, 0.25) is 0 Å². The first-order chi connectivity index (χ1) is 12.8. The highest BCUT2D eigenvalue weighted by Crippen LogP contribution is 2.43. The molecule has 0 fully saturated rings.